The number of aromatic nitrogens is 3. The van der Waals surface area contributed by atoms with Crippen molar-refractivity contribution >= 4 is 17.6 Å². The van der Waals surface area contributed by atoms with E-state index in [1.165, 1.54) is 12.8 Å². The van der Waals surface area contributed by atoms with Gasteiger partial charge in [-0.2, -0.15) is 4.98 Å². The van der Waals surface area contributed by atoms with E-state index in [9.17, 15) is 0 Å². The molecule has 2 heterocycles. The Morgan fingerprint density at radius 3 is 2.74 bits per heavy atom. The van der Waals surface area contributed by atoms with Gasteiger partial charge in [0.1, 0.15) is 11.6 Å². The van der Waals surface area contributed by atoms with E-state index in [0.717, 1.165) is 22.9 Å². The van der Waals surface area contributed by atoms with Gasteiger partial charge in [0.15, 0.2) is 0 Å². The van der Waals surface area contributed by atoms with Crippen LogP contribution in [0.15, 0.2) is 24.4 Å². The van der Waals surface area contributed by atoms with Crippen LogP contribution in [0.5, 0.6) is 0 Å². The normalized spacial score (nSPS) is 14.2. The first kappa shape index (κ1) is 11.9. The first-order valence-corrected chi connectivity index (χ1v) is 6.51. The lowest BCUT2D eigenvalue weighted by Crippen LogP contribution is -2.08. The third kappa shape index (κ3) is 2.99. The number of pyridine rings is 1. The van der Waals surface area contributed by atoms with Gasteiger partial charge in [-0.05, 0) is 38.8 Å². The van der Waals surface area contributed by atoms with Gasteiger partial charge in [0.2, 0.25) is 5.95 Å². The molecule has 98 valence electrons. The highest BCUT2D eigenvalue weighted by Gasteiger charge is 2.22. The molecule has 0 radical (unpaired) electrons. The molecular weight excluding hydrogens is 238 g/mol. The Morgan fingerprint density at radius 2 is 2.00 bits per heavy atom. The van der Waals surface area contributed by atoms with Crippen molar-refractivity contribution in [1.29, 1.82) is 0 Å². The van der Waals surface area contributed by atoms with Crippen LogP contribution in [0.2, 0.25) is 0 Å². The molecule has 2 aromatic rings. The summed E-state index contributed by atoms with van der Waals surface area (Å²) in [6, 6.07) is 6.41. The van der Waals surface area contributed by atoms with Gasteiger partial charge in [-0.3, -0.25) is 0 Å². The van der Waals surface area contributed by atoms with E-state index in [2.05, 4.69) is 25.6 Å². The summed E-state index contributed by atoms with van der Waals surface area (Å²) in [7, 11) is 0. The molecule has 0 bridgehead atoms. The maximum Gasteiger partial charge on any atom is 0.230 e. The van der Waals surface area contributed by atoms with Crippen molar-refractivity contribution in [3.63, 3.8) is 0 Å². The second-order valence-electron chi connectivity index (χ2n) is 4.93. The molecular formula is C14H17N5. The van der Waals surface area contributed by atoms with Crippen molar-refractivity contribution in [2.75, 3.05) is 10.6 Å². The molecule has 3 rings (SSSR count). The molecule has 0 amide bonds. The molecule has 1 saturated carbocycles. The quantitative estimate of drug-likeness (QED) is 0.879. The SMILES string of the molecule is Cc1cccc(Nc2ncc(C)c(NC3CC3)n2)n1. The van der Waals surface area contributed by atoms with Crippen LogP contribution in [0.25, 0.3) is 0 Å². The number of rotatable bonds is 4. The van der Waals surface area contributed by atoms with Crippen LogP contribution in [-0.2, 0) is 0 Å². The van der Waals surface area contributed by atoms with Gasteiger partial charge >= 0.3 is 0 Å². The highest BCUT2D eigenvalue weighted by atomic mass is 15.2. The van der Waals surface area contributed by atoms with Crippen LogP contribution in [-0.4, -0.2) is 21.0 Å². The Hall–Kier alpha value is -2.17. The maximum absolute atomic E-state index is 4.50. The number of hydrogen-bond acceptors (Lipinski definition) is 5. The Labute approximate surface area is 112 Å². The van der Waals surface area contributed by atoms with Crippen molar-refractivity contribution < 1.29 is 0 Å². The summed E-state index contributed by atoms with van der Waals surface area (Å²) >= 11 is 0. The van der Waals surface area contributed by atoms with Crippen LogP contribution in [0.3, 0.4) is 0 Å². The second-order valence-corrected chi connectivity index (χ2v) is 4.93. The molecule has 1 fully saturated rings. The summed E-state index contributed by atoms with van der Waals surface area (Å²) in [4.78, 5) is 13.2. The minimum atomic E-state index is 0.576. The minimum absolute atomic E-state index is 0.576. The van der Waals surface area contributed by atoms with Crippen molar-refractivity contribution in [1.82, 2.24) is 15.0 Å². The van der Waals surface area contributed by atoms with Gasteiger partial charge in [-0.15, -0.1) is 0 Å². The molecule has 2 aromatic heterocycles. The van der Waals surface area contributed by atoms with Gasteiger partial charge in [-0.1, -0.05) is 6.07 Å². The zero-order valence-corrected chi connectivity index (χ0v) is 11.1. The van der Waals surface area contributed by atoms with E-state index in [0.29, 0.717) is 12.0 Å². The van der Waals surface area contributed by atoms with E-state index in [1.54, 1.807) is 0 Å². The smallest absolute Gasteiger partial charge is 0.230 e. The van der Waals surface area contributed by atoms with E-state index in [1.807, 2.05) is 38.2 Å². The van der Waals surface area contributed by atoms with Crippen molar-refractivity contribution in [2.24, 2.45) is 0 Å². The molecule has 1 aliphatic carbocycles. The summed E-state index contributed by atoms with van der Waals surface area (Å²) < 4.78 is 0. The molecule has 19 heavy (non-hydrogen) atoms. The van der Waals surface area contributed by atoms with E-state index < -0.39 is 0 Å². The number of nitrogens with zero attached hydrogens (tertiary/aromatic N) is 3. The fraction of sp³-hybridized carbons (Fsp3) is 0.357. The van der Waals surface area contributed by atoms with E-state index in [-0.39, 0.29) is 0 Å². The lowest BCUT2D eigenvalue weighted by Gasteiger charge is -2.10. The highest BCUT2D eigenvalue weighted by molar-refractivity contribution is 5.53. The third-order valence-electron chi connectivity index (χ3n) is 3.02. The predicted molar refractivity (Wildman–Crippen MR) is 75.7 cm³/mol. The molecule has 5 heteroatoms. The Morgan fingerprint density at radius 1 is 1.16 bits per heavy atom. The van der Waals surface area contributed by atoms with Crippen molar-refractivity contribution in [3.8, 4) is 0 Å². The van der Waals surface area contributed by atoms with E-state index in [4.69, 9.17) is 0 Å². The van der Waals surface area contributed by atoms with Crippen LogP contribution in [0.1, 0.15) is 24.1 Å². The molecule has 0 aliphatic heterocycles. The van der Waals surface area contributed by atoms with Gasteiger partial charge in [0.05, 0.1) is 0 Å². The number of anilines is 3. The first-order valence-electron chi connectivity index (χ1n) is 6.51. The lowest BCUT2D eigenvalue weighted by molar-refractivity contribution is 1.06. The molecule has 2 N–H and O–H groups in total. The average molecular weight is 255 g/mol. The monoisotopic (exact) mass is 255 g/mol. The Bertz CT molecular complexity index is 592. The zero-order valence-electron chi connectivity index (χ0n) is 11.1. The Balaban J connectivity index is 1.80. The molecule has 0 spiro atoms. The van der Waals surface area contributed by atoms with Crippen LogP contribution < -0.4 is 10.6 Å². The fourth-order valence-electron chi connectivity index (χ4n) is 1.80. The van der Waals surface area contributed by atoms with Gasteiger partial charge in [0, 0.05) is 23.5 Å². The van der Waals surface area contributed by atoms with Crippen molar-refractivity contribution in [3.05, 3.63) is 35.7 Å². The molecule has 0 atom stereocenters. The van der Waals surface area contributed by atoms with Crippen LogP contribution >= 0.6 is 0 Å². The topological polar surface area (TPSA) is 62.7 Å². The highest BCUT2D eigenvalue weighted by Crippen LogP contribution is 2.25. The van der Waals surface area contributed by atoms with Crippen LogP contribution in [0.4, 0.5) is 17.6 Å². The summed E-state index contributed by atoms with van der Waals surface area (Å²) in [5, 5.41) is 6.54. The summed E-state index contributed by atoms with van der Waals surface area (Å²) in [6.07, 6.45) is 4.28. The van der Waals surface area contributed by atoms with Gasteiger partial charge in [-0.25, -0.2) is 9.97 Å². The first-order chi connectivity index (χ1) is 9.20. The molecule has 0 aromatic carbocycles. The second kappa shape index (κ2) is 4.84. The lowest BCUT2D eigenvalue weighted by atomic mass is 10.3. The zero-order chi connectivity index (χ0) is 13.2. The Kier molecular flexibility index (Phi) is 3.03. The standard InChI is InChI=1S/C14H17N5/c1-9-8-15-14(19-13(9)17-11-6-7-11)18-12-5-3-4-10(2)16-12/h3-5,8,11H,6-7H2,1-2H3,(H2,15,16,17,18,19). The van der Waals surface area contributed by atoms with Crippen LogP contribution in [0, 0.1) is 13.8 Å². The summed E-state index contributed by atoms with van der Waals surface area (Å²) in [5.41, 5.74) is 2.03. The number of aryl methyl sites for hydroxylation is 2. The van der Waals surface area contributed by atoms with Crippen molar-refractivity contribution in [2.45, 2.75) is 32.7 Å². The largest absolute Gasteiger partial charge is 0.367 e. The summed E-state index contributed by atoms with van der Waals surface area (Å²) in [6.45, 7) is 3.97. The van der Waals surface area contributed by atoms with Gasteiger partial charge < -0.3 is 10.6 Å². The molecule has 5 nitrogen and oxygen atoms in total. The fourth-order valence-corrected chi connectivity index (χ4v) is 1.80. The van der Waals surface area contributed by atoms with E-state index >= 15 is 0 Å². The average Bonchev–Trinajstić information content (AvgIpc) is 3.17. The number of nitrogens with one attached hydrogen (secondary N) is 2. The third-order valence-corrected chi connectivity index (χ3v) is 3.02. The molecule has 0 unspecified atom stereocenters. The maximum atomic E-state index is 4.50. The molecule has 0 saturated heterocycles. The predicted octanol–water partition coefficient (Wildman–Crippen LogP) is 2.81. The summed E-state index contributed by atoms with van der Waals surface area (Å²) in [5.74, 6) is 2.25. The minimum Gasteiger partial charge on any atom is -0.367 e. The number of hydrogen-bond donors (Lipinski definition) is 2. The molecule has 1 aliphatic rings. The van der Waals surface area contributed by atoms with Gasteiger partial charge in [0.25, 0.3) is 0 Å².